The molecule has 2 heterocycles. The van der Waals surface area contributed by atoms with Crippen LogP contribution >= 0.6 is 12.4 Å². The highest BCUT2D eigenvalue weighted by atomic mass is 35.5. The summed E-state index contributed by atoms with van der Waals surface area (Å²) in [6.45, 7) is 0. The van der Waals surface area contributed by atoms with Crippen LogP contribution in [0.3, 0.4) is 0 Å². The van der Waals surface area contributed by atoms with Crippen LogP contribution in [0.4, 0.5) is 0 Å². The number of fused-ring (bicyclic) bond motifs is 2. The summed E-state index contributed by atoms with van der Waals surface area (Å²) >= 11 is 0. The maximum absolute atomic E-state index is 12.7. The monoisotopic (exact) mass is 300 g/mol. The lowest BCUT2D eigenvalue weighted by Crippen LogP contribution is -2.50. The van der Waals surface area contributed by atoms with Gasteiger partial charge in [0.15, 0.2) is 0 Å². The highest BCUT2D eigenvalue weighted by molar-refractivity contribution is 5.85. The fraction of sp³-hybridized carbons (Fsp3) is 0.938. The van der Waals surface area contributed by atoms with E-state index < -0.39 is 0 Å². The molecule has 2 unspecified atom stereocenters. The zero-order valence-electron chi connectivity index (χ0n) is 12.6. The zero-order chi connectivity index (χ0) is 13.2. The first-order valence-corrected chi connectivity index (χ1v) is 8.27. The van der Waals surface area contributed by atoms with Gasteiger partial charge in [0, 0.05) is 31.1 Å². The summed E-state index contributed by atoms with van der Waals surface area (Å²) in [6, 6.07) is 1.84. The molecule has 0 aromatic heterocycles. The van der Waals surface area contributed by atoms with Crippen molar-refractivity contribution in [2.45, 2.75) is 82.3 Å². The predicted molar refractivity (Wildman–Crippen MR) is 84.2 cm³/mol. The van der Waals surface area contributed by atoms with Crippen molar-refractivity contribution in [3.63, 3.8) is 0 Å². The topological polar surface area (TPSA) is 32.3 Å². The minimum Gasteiger partial charge on any atom is -0.342 e. The van der Waals surface area contributed by atoms with Crippen LogP contribution in [0.1, 0.15) is 64.2 Å². The molecule has 3 nitrogen and oxygen atoms in total. The molecule has 1 amide bonds. The second kappa shape index (κ2) is 7.13. The van der Waals surface area contributed by atoms with Crippen molar-refractivity contribution in [2.75, 3.05) is 7.05 Å². The minimum atomic E-state index is 0. The van der Waals surface area contributed by atoms with Crippen molar-refractivity contribution in [1.29, 1.82) is 0 Å². The van der Waals surface area contributed by atoms with Crippen LogP contribution in [-0.4, -0.2) is 36.0 Å². The van der Waals surface area contributed by atoms with E-state index >= 15 is 0 Å². The van der Waals surface area contributed by atoms with Gasteiger partial charge in [0.05, 0.1) is 0 Å². The zero-order valence-corrected chi connectivity index (χ0v) is 13.5. The lowest BCUT2D eigenvalue weighted by Gasteiger charge is -2.37. The Morgan fingerprint density at radius 3 is 2.05 bits per heavy atom. The number of halogens is 1. The maximum Gasteiger partial charge on any atom is 0.225 e. The summed E-state index contributed by atoms with van der Waals surface area (Å²) in [7, 11) is 2.06. The Kier molecular flexibility index (Phi) is 5.74. The van der Waals surface area contributed by atoms with Crippen LogP contribution in [0, 0.1) is 5.92 Å². The molecule has 3 fully saturated rings. The van der Waals surface area contributed by atoms with E-state index in [0.29, 0.717) is 30.0 Å². The molecule has 0 aromatic carbocycles. The lowest BCUT2D eigenvalue weighted by molar-refractivity contribution is -0.137. The van der Waals surface area contributed by atoms with E-state index in [4.69, 9.17) is 0 Å². The van der Waals surface area contributed by atoms with E-state index in [0.717, 1.165) is 12.8 Å². The summed E-state index contributed by atoms with van der Waals surface area (Å²) in [5.41, 5.74) is 0. The predicted octanol–water partition coefficient (Wildman–Crippen LogP) is 3.12. The smallest absolute Gasteiger partial charge is 0.225 e. The fourth-order valence-electron chi connectivity index (χ4n) is 4.34. The molecule has 1 aliphatic carbocycles. The van der Waals surface area contributed by atoms with Crippen LogP contribution in [0.2, 0.25) is 0 Å². The van der Waals surface area contributed by atoms with Crippen molar-refractivity contribution in [3.8, 4) is 0 Å². The second-order valence-corrected chi connectivity index (χ2v) is 6.90. The first kappa shape index (κ1) is 16.1. The number of amides is 1. The highest BCUT2D eigenvalue weighted by Crippen LogP contribution is 2.31. The molecule has 0 radical (unpaired) electrons. The molecule has 1 saturated carbocycles. The van der Waals surface area contributed by atoms with Crippen molar-refractivity contribution in [3.05, 3.63) is 0 Å². The molecular weight excluding hydrogens is 272 g/mol. The summed E-state index contributed by atoms with van der Waals surface area (Å²) in [4.78, 5) is 14.8. The quantitative estimate of drug-likeness (QED) is 0.795. The summed E-state index contributed by atoms with van der Waals surface area (Å²) in [5, 5.41) is 3.67. The number of hydrogen-bond donors (Lipinski definition) is 1. The third-order valence-corrected chi connectivity index (χ3v) is 5.55. The Labute approximate surface area is 129 Å². The Balaban J connectivity index is 0.00000147. The van der Waals surface area contributed by atoms with Gasteiger partial charge in [-0.05, 0) is 38.5 Å². The van der Waals surface area contributed by atoms with Crippen molar-refractivity contribution < 1.29 is 4.79 Å². The van der Waals surface area contributed by atoms with E-state index in [1.54, 1.807) is 0 Å². The molecule has 1 N–H and O–H groups in total. The molecule has 3 rings (SSSR count). The molecule has 2 aliphatic heterocycles. The summed E-state index contributed by atoms with van der Waals surface area (Å²) in [6.07, 6.45) is 12.4. The van der Waals surface area contributed by atoms with E-state index in [9.17, 15) is 4.79 Å². The summed E-state index contributed by atoms with van der Waals surface area (Å²) in [5.74, 6) is 0.758. The van der Waals surface area contributed by atoms with Gasteiger partial charge in [-0.3, -0.25) is 4.79 Å². The molecule has 2 atom stereocenters. The second-order valence-electron chi connectivity index (χ2n) is 6.90. The first-order chi connectivity index (χ1) is 9.24. The van der Waals surface area contributed by atoms with Crippen LogP contribution in [0.25, 0.3) is 0 Å². The van der Waals surface area contributed by atoms with Crippen molar-refractivity contribution in [1.82, 2.24) is 10.2 Å². The van der Waals surface area contributed by atoms with E-state index in [2.05, 4.69) is 17.3 Å². The van der Waals surface area contributed by atoms with Gasteiger partial charge in [-0.25, -0.2) is 0 Å². The van der Waals surface area contributed by atoms with Gasteiger partial charge in [-0.15, -0.1) is 12.4 Å². The van der Waals surface area contributed by atoms with Gasteiger partial charge in [0.25, 0.3) is 0 Å². The lowest BCUT2D eigenvalue weighted by atomic mass is 9.94. The molecule has 3 aliphatic rings. The Morgan fingerprint density at radius 1 is 0.950 bits per heavy atom. The Hall–Kier alpha value is -0.280. The highest BCUT2D eigenvalue weighted by Gasteiger charge is 2.37. The first-order valence-electron chi connectivity index (χ1n) is 8.27. The average molecular weight is 301 g/mol. The summed E-state index contributed by atoms with van der Waals surface area (Å²) < 4.78 is 0. The van der Waals surface area contributed by atoms with Crippen molar-refractivity contribution in [2.24, 2.45) is 5.92 Å². The van der Waals surface area contributed by atoms with Crippen LogP contribution in [0.5, 0.6) is 0 Å². The molecule has 0 aromatic rings. The van der Waals surface area contributed by atoms with Gasteiger partial charge in [-0.1, -0.05) is 25.7 Å². The molecule has 20 heavy (non-hydrogen) atoms. The van der Waals surface area contributed by atoms with Crippen molar-refractivity contribution >= 4 is 18.3 Å². The third kappa shape index (κ3) is 3.48. The molecule has 116 valence electrons. The third-order valence-electron chi connectivity index (χ3n) is 5.55. The Bertz CT molecular complexity index is 316. The number of rotatable bonds is 2. The normalized spacial score (nSPS) is 34.1. The average Bonchev–Trinajstić information content (AvgIpc) is 2.66. The molecular formula is C16H29ClN2O. The molecule has 0 spiro atoms. The number of carbonyl (C=O) groups excluding carboxylic acids is 1. The fourth-order valence-corrected chi connectivity index (χ4v) is 4.34. The van der Waals surface area contributed by atoms with E-state index in [-0.39, 0.29) is 12.4 Å². The molecule has 2 bridgehead atoms. The Morgan fingerprint density at radius 2 is 1.50 bits per heavy atom. The van der Waals surface area contributed by atoms with Crippen LogP contribution in [-0.2, 0) is 4.79 Å². The molecule has 4 heteroatoms. The minimum absolute atomic E-state index is 0. The number of hydrogen-bond acceptors (Lipinski definition) is 2. The number of nitrogens with zero attached hydrogens (tertiary/aromatic N) is 1. The largest absolute Gasteiger partial charge is 0.342 e. The van der Waals surface area contributed by atoms with Gasteiger partial charge < -0.3 is 10.2 Å². The van der Waals surface area contributed by atoms with E-state index in [1.165, 1.54) is 51.4 Å². The van der Waals surface area contributed by atoms with E-state index in [1.807, 2.05) is 0 Å². The number of carbonyl (C=O) groups is 1. The number of piperidine rings is 1. The standard InChI is InChI=1S/C16H28N2O.ClH/c1-18(15-10-13-8-9-14(11-15)17-13)16(19)12-6-4-2-3-5-7-12;/h12-15,17H,2-11H2,1H3;1H. The van der Waals surface area contributed by atoms with Crippen LogP contribution < -0.4 is 5.32 Å². The SMILES string of the molecule is CN(C(=O)C1CCCCCC1)C1CC2CCC(C1)N2.Cl. The number of nitrogens with one attached hydrogen (secondary N) is 1. The molecule has 2 saturated heterocycles. The van der Waals surface area contributed by atoms with Crippen LogP contribution in [0.15, 0.2) is 0 Å². The van der Waals surface area contributed by atoms with Gasteiger partial charge in [0.1, 0.15) is 0 Å². The maximum atomic E-state index is 12.7. The van der Waals surface area contributed by atoms with Gasteiger partial charge >= 0.3 is 0 Å². The van der Waals surface area contributed by atoms with Gasteiger partial charge in [-0.2, -0.15) is 0 Å². The van der Waals surface area contributed by atoms with Gasteiger partial charge in [0.2, 0.25) is 5.91 Å².